The van der Waals surface area contributed by atoms with E-state index < -0.39 is 10.0 Å². The number of aromatic nitrogens is 2. The van der Waals surface area contributed by atoms with E-state index in [1.54, 1.807) is 6.07 Å². The van der Waals surface area contributed by atoms with E-state index in [-0.39, 0.29) is 17.2 Å². The molecular weight excluding hydrogens is 378 g/mol. The number of hydrogen-bond donors (Lipinski definition) is 3. The molecule has 0 spiro atoms. The van der Waals surface area contributed by atoms with Crippen LogP contribution in [-0.2, 0) is 10.0 Å². The fourth-order valence-corrected chi connectivity index (χ4v) is 3.68. The van der Waals surface area contributed by atoms with Gasteiger partial charge in [-0.15, -0.1) is 0 Å². The molecular formula is C16H22ClN5O3S. The first-order chi connectivity index (χ1) is 12.4. The van der Waals surface area contributed by atoms with Crippen molar-refractivity contribution in [3.8, 4) is 5.75 Å². The summed E-state index contributed by atoms with van der Waals surface area (Å²) in [5.74, 6) is 1.37. The average molecular weight is 400 g/mol. The normalized spacial score (nSPS) is 11.2. The zero-order chi connectivity index (χ0) is 19.2. The molecule has 142 valence electrons. The summed E-state index contributed by atoms with van der Waals surface area (Å²) >= 11 is 5.89. The Morgan fingerprint density at radius 3 is 2.62 bits per heavy atom. The van der Waals surface area contributed by atoms with Gasteiger partial charge in [-0.25, -0.2) is 18.1 Å². The van der Waals surface area contributed by atoms with Crippen LogP contribution in [0, 0.1) is 6.92 Å². The highest BCUT2D eigenvalue weighted by Crippen LogP contribution is 2.26. The Morgan fingerprint density at radius 1 is 1.15 bits per heavy atom. The van der Waals surface area contributed by atoms with Crippen molar-refractivity contribution in [3.05, 3.63) is 35.0 Å². The number of sulfonamides is 1. The lowest BCUT2D eigenvalue weighted by Gasteiger charge is -2.12. The van der Waals surface area contributed by atoms with Crippen molar-refractivity contribution in [1.82, 2.24) is 14.7 Å². The van der Waals surface area contributed by atoms with E-state index in [4.69, 9.17) is 16.3 Å². The van der Waals surface area contributed by atoms with Crippen LogP contribution >= 0.6 is 11.6 Å². The molecule has 10 heteroatoms. The van der Waals surface area contributed by atoms with Gasteiger partial charge in [-0.2, -0.15) is 4.98 Å². The van der Waals surface area contributed by atoms with E-state index in [1.165, 1.54) is 19.2 Å². The first-order valence-electron chi connectivity index (χ1n) is 8.02. The molecule has 2 aromatic rings. The lowest BCUT2D eigenvalue weighted by Crippen LogP contribution is -2.29. The highest BCUT2D eigenvalue weighted by molar-refractivity contribution is 7.89. The van der Waals surface area contributed by atoms with Crippen LogP contribution in [0.4, 0.5) is 11.8 Å². The highest BCUT2D eigenvalue weighted by atomic mass is 35.5. The molecule has 0 aliphatic heterocycles. The summed E-state index contributed by atoms with van der Waals surface area (Å²) in [6, 6.07) is 6.27. The predicted octanol–water partition coefficient (Wildman–Crippen LogP) is 2.27. The summed E-state index contributed by atoms with van der Waals surface area (Å²) in [5, 5.41) is 6.43. The van der Waals surface area contributed by atoms with Crippen molar-refractivity contribution < 1.29 is 13.2 Å². The molecule has 0 aliphatic rings. The van der Waals surface area contributed by atoms with Gasteiger partial charge in [-0.05, 0) is 32.0 Å². The Morgan fingerprint density at radius 2 is 1.92 bits per heavy atom. The fourth-order valence-electron chi connectivity index (χ4n) is 2.22. The van der Waals surface area contributed by atoms with E-state index in [1.807, 2.05) is 19.9 Å². The largest absolute Gasteiger partial charge is 0.495 e. The number of anilines is 2. The molecule has 0 atom stereocenters. The van der Waals surface area contributed by atoms with Gasteiger partial charge in [0.2, 0.25) is 16.0 Å². The summed E-state index contributed by atoms with van der Waals surface area (Å²) in [6.45, 7) is 5.05. The Kier molecular flexibility index (Phi) is 7.01. The summed E-state index contributed by atoms with van der Waals surface area (Å²) in [4.78, 5) is 8.57. The maximum atomic E-state index is 12.5. The van der Waals surface area contributed by atoms with E-state index >= 15 is 0 Å². The zero-order valence-electron chi connectivity index (χ0n) is 14.8. The zero-order valence-corrected chi connectivity index (χ0v) is 16.4. The van der Waals surface area contributed by atoms with Gasteiger partial charge in [0.25, 0.3) is 0 Å². The van der Waals surface area contributed by atoms with E-state index in [0.717, 1.165) is 12.2 Å². The number of methoxy groups -OCH3 is 1. The molecule has 0 unspecified atom stereocenters. The molecule has 0 amide bonds. The number of nitrogens with one attached hydrogen (secondary N) is 3. The number of ether oxygens (including phenoxy) is 1. The molecule has 8 nitrogen and oxygen atoms in total. The second-order valence-corrected chi connectivity index (χ2v) is 7.54. The standard InChI is InChI=1S/C16H22ClN5O3S/c1-4-18-15-9-11(2)21-16(22-15)19-7-8-20-26(23,24)14-10-12(17)5-6-13(14)25-3/h5-6,9-10,20H,4,7-8H2,1-3H3,(H2,18,19,21,22). The molecule has 1 aromatic heterocycles. The number of nitrogens with zero attached hydrogens (tertiary/aromatic N) is 2. The van der Waals surface area contributed by atoms with Gasteiger partial charge < -0.3 is 15.4 Å². The third kappa shape index (κ3) is 5.45. The lowest BCUT2D eigenvalue weighted by molar-refractivity contribution is 0.402. The molecule has 2 rings (SSSR count). The minimum atomic E-state index is -3.76. The van der Waals surface area contributed by atoms with Gasteiger partial charge in [0.05, 0.1) is 7.11 Å². The Balaban J connectivity index is 1.98. The SMILES string of the molecule is CCNc1cc(C)nc(NCCNS(=O)(=O)c2cc(Cl)ccc2OC)n1. The van der Waals surface area contributed by atoms with Crippen molar-refractivity contribution in [2.24, 2.45) is 0 Å². The van der Waals surface area contributed by atoms with Gasteiger partial charge >= 0.3 is 0 Å². The van der Waals surface area contributed by atoms with Crippen molar-refractivity contribution >= 4 is 33.4 Å². The summed E-state index contributed by atoms with van der Waals surface area (Å²) in [7, 11) is -2.35. The average Bonchev–Trinajstić information content (AvgIpc) is 2.58. The Labute approximate surface area is 158 Å². The van der Waals surface area contributed by atoms with Crippen LogP contribution in [0.1, 0.15) is 12.6 Å². The van der Waals surface area contributed by atoms with Crippen LogP contribution in [0.5, 0.6) is 5.75 Å². The van der Waals surface area contributed by atoms with Crippen LogP contribution < -0.4 is 20.1 Å². The summed E-state index contributed by atoms with van der Waals surface area (Å²) in [6.07, 6.45) is 0. The number of benzene rings is 1. The third-order valence-electron chi connectivity index (χ3n) is 3.33. The van der Waals surface area contributed by atoms with Crippen molar-refractivity contribution in [2.45, 2.75) is 18.7 Å². The van der Waals surface area contributed by atoms with Gasteiger partial charge in [-0.1, -0.05) is 11.6 Å². The molecule has 0 saturated carbocycles. The molecule has 3 N–H and O–H groups in total. The second-order valence-electron chi connectivity index (χ2n) is 5.37. The molecule has 0 radical (unpaired) electrons. The molecule has 0 bridgehead atoms. The molecule has 1 heterocycles. The quantitative estimate of drug-likeness (QED) is 0.555. The van der Waals surface area contributed by atoms with Crippen LogP contribution in [0.25, 0.3) is 0 Å². The van der Waals surface area contributed by atoms with Crippen molar-refractivity contribution in [2.75, 3.05) is 37.4 Å². The van der Waals surface area contributed by atoms with Crippen LogP contribution in [0.2, 0.25) is 5.02 Å². The Hall–Kier alpha value is -2.10. The maximum absolute atomic E-state index is 12.5. The van der Waals surface area contributed by atoms with Crippen LogP contribution in [0.3, 0.4) is 0 Å². The number of aryl methyl sites for hydroxylation is 1. The molecule has 0 fully saturated rings. The molecule has 1 aromatic carbocycles. The number of rotatable bonds is 9. The first-order valence-corrected chi connectivity index (χ1v) is 9.88. The minimum absolute atomic E-state index is 0.00580. The topological polar surface area (TPSA) is 105 Å². The van der Waals surface area contributed by atoms with E-state index in [0.29, 0.717) is 23.3 Å². The maximum Gasteiger partial charge on any atom is 0.244 e. The van der Waals surface area contributed by atoms with Gasteiger partial charge in [0.15, 0.2) is 0 Å². The highest BCUT2D eigenvalue weighted by Gasteiger charge is 2.19. The smallest absolute Gasteiger partial charge is 0.244 e. The molecule has 0 saturated heterocycles. The van der Waals surface area contributed by atoms with Crippen molar-refractivity contribution in [3.63, 3.8) is 0 Å². The van der Waals surface area contributed by atoms with E-state index in [2.05, 4.69) is 25.3 Å². The van der Waals surface area contributed by atoms with Gasteiger partial charge in [0, 0.05) is 36.4 Å². The first kappa shape index (κ1) is 20.2. The molecule has 0 aliphatic carbocycles. The Bertz CT molecular complexity index is 861. The lowest BCUT2D eigenvalue weighted by atomic mass is 10.3. The number of hydrogen-bond acceptors (Lipinski definition) is 7. The number of halogens is 1. The van der Waals surface area contributed by atoms with Gasteiger partial charge in [0.1, 0.15) is 16.5 Å². The monoisotopic (exact) mass is 399 g/mol. The summed E-state index contributed by atoms with van der Waals surface area (Å²) < 4.78 is 32.5. The minimum Gasteiger partial charge on any atom is -0.495 e. The van der Waals surface area contributed by atoms with E-state index in [9.17, 15) is 8.42 Å². The fraction of sp³-hybridized carbons (Fsp3) is 0.375. The molecule has 26 heavy (non-hydrogen) atoms. The van der Waals surface area contributed by atoms with Gasteiger partial charge in [-0.3, -0.25) is 0 Å². The van der Waals surface area contributed by atoms with Crippen molar-refractivity contribution in [1.29, 1.82) is 0 Å². The van der Waals surface area contributed by atoms with Crippen LogP contribution in [-0.4, -0.2) is 45.1 Å². The third-order valence-corrected chi connectivity index (χ3v) is 5.04. The van der Waals surface area contributed by atoms with Crippen LogP contribution in [0.15, 0.2) is 29.2 Å². The second kappa shape index (κ2) is 9.02. The predicted molar refractivity (Wildman–Crippen MR) is 103 cm³/mol. The summed E-state index contributed by atoms with van der Waals surface area (Å²) in [5.41, 5.74) is 0.808.